The zero-order chi connectivity index (χ0) is 12.1. The van der Waals surface area contributed by atoms with Crippen LogP contribution in [0, 0.1) is 0 Å². The summed E-state index contributed by atoms with van der Waals surface area (Å²) in [4.78, 5) is 0. The van der Waals surface area contributed by atoms with E-state index < -0.39 is 0 Å². The average Bonchev–Trinajstić information content (AvgIpc) is 2.83. The Morgan fingerprint density at radius 1 is 1.24 bits per heavy atom. The van der Waals surface area contributed by atoms with Crippen molar-refractivity contribution < 1.29 is 4.74 Å². The molecule has 0 bridgehead atoms. The first-order valence-electron chi connectivity index (χ1n) is 6.79. The lowest BCUT2D eigenvalue weighted by Crippen LogP contribution is -2.17. The van der Waals surface area contributed by atoms with Gasteiger partial charge in [-0.3, -0.25) is 0 Å². The molecule has 1 N–H and O–H groups in total. The minimum absolute atomic E-state index is 0.417. The second kappa shape index (κ2) is 6.06. The van der Waals surface area contributed by atoms with E-state index in [4.69, 9.17) is 4.74 Å². The summed E-state index contributed by atoms with van der Waals surface area (Å²) in [5.41, 5.74) is 1.32. The first-order valence-corrected chi connectivity index (χ1v) is 6.79. The van der Waals surface area contributed by atoms with Crippen LogP contribution in [0.25, 0.3) is 0 Å². The molecular formula is C15H23NO. The Bertz CT molecular complexity index is 327. The van der Waals surface area contributed by atoms with Crippen LogP contribution in [0.4, 0.5) is 0 Å². The van der Waals surface area contributed by atoms with Gasteiger partial charge >= 0.3 is 0 Å². The van der Waals surface area contributed by atoms with Crippen LogP contribution in [0.1, 0.15) is 51.1 Å². The highest BCUT2D eigenvalue weighted by Crippen LogP contribution is 2.25. The molecule has 2 nitrogen and oxygen atoms in total. The van der Waals surface area contributed by atoms with Gasteiger partial charge in [-0.05, 0) is 56.8 Å². The number of hydrogen-bond acceptors (Lipinski definition) is 2. The third-order valence-corrected chi connectivity index (χ3v) is 3.50. The summed E-state index contributed by atoms with van der Waals surface area (Å²) in [6.07, 6.45) is 5.53. The van der Waals surface area contributed by atoms with Gasteiger partial charge in [0, 0.05) is 6.04 Å². The molecule has 2 rings (SSSR count). The molecule has 0 radical (unpaired) electrons. The second-order valence-corrected chi connectivity index (χ2v) is 4.87. The summed E-state index contributed by atoms with van der Waals surface area (Å²) in [5.74, 6) is 1.02. The molecule has 0 aliphatic heterocycles. The maximum atomic E-state index is 5.95. The molecule has 1 unspecified atom stereocenters. The Kier molecular flexibility index (Phi) is 4.43. The number of benzene rings is 1. The molecule has 1 aliphatic rings. The predicted molar refractivity (Wildman–Crippen MR) is 71.4 cm³/mol. The minimum atomic E-state index is 0.417. The van der Waals surface area contributed by atoms with Crippen LogP contribution >= 0.6 is 0 Å². The quantitative estimate of drug-likeness (QED) is 0.837. The van der Waals surface area contributed by atoms with E-state index in [0.717, 1.165) is 12.3 Å². The van der Waals surface area contributed by atoms with E-state index in [9.17, 15) is 0 Å². The van der Waals surface area contributed by atoms with Gasteiger partial charge in [-0.2, -0.15) is 0 Å². The van der Waals surface area contributed by atoms with Gasteiger partial charge in [-0.25, -0.2) is 0 Å². The molecule has 1 fully saturated rings. The van der Waals surface area contributed by atoms with Gasteiger partial charge in [0.15, 0.2) is 0 Å². The third-order valence-electron chi connectivity index (χ3n) is 3.50. The molecule has 0 heterocycles. The monoisotopic (exact) mass is 233 g/mol. The smallest absolute Gasteiger partial charge is 0.119 e. The molecule has 1 aliphatic carbocycles. The summed E-state index contributed by atoms with van der Waals surface area (Å²) < 4.78 is 5.95. The Balaban J connectivity index is 1.92. The van der Waals surface area contributed by atoms with Crippen molar-refractivity contribution in [1.29, 1.82) is 0 Å². The second-order valence-electron chi connectivity index (χ2n) is 4.87. The number of rotatable bonds is 5. The summed E-state index contributed by atoms with van der Waals surface area (Å²) >= 11 is 0. The van der Waals surface area contributed by atoms with Gasteiger partial charge < -0.3 is 10.1 Å². The van der Waals surface area contributed by atoms with Crippen molar-refractivity contribution in [2.45, 2.75) is 51.7 Å². The van der Waals surface area contributed by atoms with Gasteiger partial charge in [0.25, 0.3) is 0 Å². The topological polar surface area (TPSA) is 21.3 Å². The van der Waals surface area contributed by atoms with E-state index in [2.05, 4.69) is 43.4 Å². The molecule has 1 saturated carbocycles. The summed E-state index contributed by atoms with van der Waals surface area (Å²) in [6.45, 7) is 5.33. The van der Waals surface area contributed by atoms with Crippen molar-refractivity contribution in [3.63, 3.8) is 0 Å². The van der Waals surface area contributed by atoms with Crippen molar-refractivity contribution in [1.82, 2.24) is 5.32 Å². The lowest BCUT2D eigenvalue weighted by molar-refractivity contribution is 0.210. The fourth-order valence-electron chi connectivity index (χ4n) is 2.46. The van der Waals surface area contributed by atoms with Crippen LogP contribution in [0.2, 0.25) is 0 Å². The fraction of sp³-hybridized carbons (Fsp3) is 0.600. The summed E-state index contributed by atoms with van der Waals surface area (Å²) in [7, 11) is 0. The van der Waals surface area contributed by atoms with E-state index in [1.807, 2.05) is 0 Å². The van der Waals surface area contributed by atoms with Crippen LogP contribution in [-0.4, -0.2) is 12.6 Å². The molecule has 2 heteroatoms. The van der Waals surface area contributed by atoms with E-state index in [-0.39, 0.29) is 0 Å². The number of ether oxygens (including phenoxy) is 1. The van der Waals surface area contributed by atoms with Gasteiger partial charge in [-0.15, -0.1) is 0 Å². The predicted octanol–water partition coefficient (Wildman–Crippen LogP) is 3.68. The van der Waals surface area contributed by atoms with Crippen molar-refractivity contribution in [3.05, 3.63) is 29.8 Å². The average molecular weight is 233 g/mol. The number of hydrogen-bond donors (Lipinski definition) is 1. The Labute approximate surface area is 104 Å². The molecule has 0 amide bonds. The molecule has 1 atom stereocenters. The first kappa shape index (κ1) is 12.4. The normalized spacial score (nSPS) is 18.2. The highest BCUT2D eigenvalue weighted by molar-refractivity contribution is 5.29. The minimum Gasteiger partial charge on any atom is -0.490 e. The highest BCUT2D eigenvalue weighted by Gasteiger charge is 2.16. The first-order chi connectivity index (χ1) is 8.29. The van der Waals surface area contributed by atoms with E-state index >= 15 is 0 Å². The van der Waals surface area contributed by atoms with E-state index in [0.29, 0.717) is 12.1 Å². The van der Waals surface area contributed by atoms with Gasteiger partial charge in [0.1, 0.15) is 5.75 Å². The van der Waals surface area contributed by atoms with E-state index in [1.54, 1.807) is 0 Å². The van der Waals surface area contributed by atoms with Gasteiger partial charge in [-0.1, -0.05) is 19.1 Å². The van der Waals surface area contributed by atoms with Crippen LogP contribution in [0.3, 0.4) is 0 Å². The zero-order valence-corrected chi connectivity index (χ0v) is 10.9. The van der Waals surface area contributed by atoms with Gasteiger partial charge in [0.05, 0.1) is 6.10 Å². The van der Waals surface area contributed by atoms with Crippen molar-refractivity contribution >= 4 is 0 Å². The van der Waals surface area contributed by atoms with Crippen molar-refractivity contribution in [2.24, 2.45) is 0 Å². The molecule has 0 aromatic heterocycles. The molecule has 1 aromatic rings. The van der Waals surface area contributed by atoms with Crippen molar-refractivity contribution in [3.8, 4) is 5.75 Å². The van der Waals surface area contributed by atoms with Crippen molar-refractivity contribution in [2.75, 3.05) is 6.54 Å². The number of nitrogens with one attached hydrogen (secondary N) is 1. The van der Waals surface area contributed by atoms with Gasteiger partial charge in [0.2, 0.25) is 0 Å². The lowest BCUT2D eigenvalue weighted by Gasteiger charge is -2.15. The SMILES string of the molecule is CCNC(C)c1ccc(OC2CCCC2)cc1. The molecule has 0 saturated heterocycles. The van der Waals surface area contributed by atoms with E-state index in [1.165, 1.54) is 31.2 Å². The zero-order valence-electron chi connectivity index (χ0n) is 10.9. The Morgan fingerprint density at radius 3 is 2.47 bits per heavy atom. The Hall–Kier alpha value is -1.02. The van der Waals surface area contributed by atoms with Crippen LogP contribution in [0.5, 0.6) is 5.75 Å². The Morgan fingerprint density at radius 2 is 1.88 bits per heavy atom. The highest BCUT2D eigenvalue weighted by atomic mass is 16.5. The third kappa shape index (κ3) is 3.47. The molecule has 17 heavy (non-hydrogen) atoms. The standard InChI is InChI=1S/C15H23NO/c1-3-16-12(2)13-8-10-15(11-9-13)17-14-6-4-5-7-14/h8-12,14,16H,3-7H2,1-2H3. The summed E-state index contributed by atoms with van der Waals surface area (Å²) in [5, 5.41) is 3.41. The fourth-order valence-corrected chi connectivity index (χ4v) is 2.46. The molecule has 94 valence electrons. The molecule has 1 aromatic carbocycles. The molecular weight excluding hydrogens is 210 g/mol. The van der Waals surface area contributed by atoms with Crippen LogP contribution < -0.4 is 10.1 Å². The molecule has 0 spiro atoms. The van der Waals surface area contributed by atoms with Crippen LogP contribution in [0.15, 0.2) is 24.3 Å². The maximum Gasteiger partial charge on any atom is 0.119 e. The van der Waals surface area contributed by atoms with Crippen LogP contribution in [-0.2, 0) is 0 Å². The maximum absolute atomic E-state index is 5.95. The lowest BCUT2D eigenvalue weighted by atomic mass is 10.1. The summed E-state index contributed by atoms with van der Waals surface area (Å²) in [6, 6.07) is 8.94. The largest absolute Gasteiger partial charge is 0.490 e.